The summed E-state index contributed by atoms with van der Waals surface area (Å²) in [5, 5.41) is 8.36. The monoisotopic (exact) mass is 242 g/mol. The van der Waals surface area contributed by atoms with Crippen LogP contribution in [0.25, 0.3) is 0 Å². The van der Waals surface area contributed by atoms with E-state index in [1.54, 1.807) is 12.1 Å². The maximum atomic E-state index is 11.1. The standard InChI is InChI=1S/C11H18N2O2S/c1-8(2)13-9(3)10-4-6-11(7-5-10)16(12,14)15/h4-9,13H,1-3H3,(H2,12,14,15). The quantitative estimate of drug-likeness (QED) is 0.838. The molecule has 0 aliphatic heterocycles. The fraction of sp³-hybridized carbons (Fsp3) is 0.455. The van der Waals surface area contributed by atoms with Crippen LogP contribution in [0, 0.1) is 0 Å². The van der Waals surface area contributed by atoms with Crippen LogP contribution < -0.4 is 10.5 Å². The smallest absolute Gasteiger partial charge is 0.238 e. The Balaban J connectivity index is 2.87. The fourth-order valence-corrected chi connectivity index (χ4v) is 2.06. The van der Waals surface area contributed by atoms with Crippen LogP contribution in [0.5, 0.6) is 0 Å². The van der Waals surface area contributed by atoms with Gasteiger partial charge >= 0.3 is 0 Å². The number of benzene rings is 1. The van der Waals surface area contributed by atoms with Gasteiger partial charge in [-0.15, -0.1) is 0 Å². The molecule has 0 saturated heterocycles. The van der Waals surface area contributed by atoms with E-state index in [2.05, 4.69) is 19.2 Å². The van der Waals surface area contributed by atoms with E-state index in [1.807, 2.05) is 6.92 Å². The highest BCUT2D eigenvalue weighted by Crippen LogP contribution is 2.15. The Bertz CT molecular complexity index is 438. The summed E-state index contributed by atoms with van der Waals surface area (Å²) < 4.78 is 22.1. The maximum absolute atomic E-state index is 11.1. The van der Waals surface area contributed by atoms with Gasteiger partial charge in [-0.1, -0.05) is 26.0 Å². The number of nitrogens with two attached hydrogens (primary N) is 1. The molecule has 0 amide bonds. The maximum Gasteiger partial charge on any atom is 0.238 e. The van der Waals surface area contributed by atoms with E-state index >= 15 is 0 Å². The molecule has 16 heavy (non-hydrogen) atoms. The average Bonchev–Trinajstić information content (AvgIpc) is 2.15. The van der Waals surface area contributed by atoms with Crippen molar-refractivity contribution in [2.75, 3.05) is 0 Å². The summed E-state index contributed by atoms with van der Waals surface area (Å²) in [7, 11) is -3.59. The minimum absolute atomic E-state index is 0.146. The lowest BCUT2D eigenvalue weighted by molar-refractivity contribution is 0.506. The van der Waals surface area contributed by atoms with E-state index in [-0.39, 0.29) is 10.9 Å². The highest BCUT2D eigenvalue weighted by Gasteiger charge is 2.10. The van der Waals surface area contributed by atoms with E-state index in [0.717, 1.165) is 5.56 Å². The molecule has 0 bridgehead atoms. The molecule has 0 aromatic heterocycles. The molecule has 1 rings (SSSR count). The molecular weight excluding hydrogens is 224 g/mol. The average molecular weight is 242 g/mol. The first-order valence-electron chi connectivity index (χ1n) is 5.19. The third kappa shape index (κ3) is 3.59. The van der Waals surface area contributed by atoms with Gasteiger partial charge in [-0.25, -0.2) is 13.6 Å². The van der Waals surface area contributed by atoms with Crippen LogP contribution in [0.3, 0.4) is 0 Å². The third-order valence-electron chi connectivity index (χ3n) is 2.29. The molecule has 1 aromatic rings. The summed E-state index contributed by atoms with van der Waals surface area (Å²) in [5.74, 6) is 0. The van der Waals surface area contributed by atoms with Crippen molar-refractivity contribution in [1.82, 2.24) is 5.32 Å². The van der Waals surface area contributed by atoms with Crippen molar-refractivity contribution in [3.63, 3.8) is 0 Å². The van der Waals surface area contributed by atoms with Gasteiger partial charge in [-0.05, 0) is 24.6 Å². The van der Waals surface area contributed by atoms with Crippen LogP contribution in [0.2, 0.25) is 0 Å². The third-order valence-corrected chi connectivity index (χ3v) is 3.22. The lowest BCUT2D eigenvalue weighted by Gasteiger charge is -2.17. The predicted molar refractivity (Wildman–Crippen MR) is 64.5 cm³/mol. The molecule has 1 unspecified atom stereocenters. The number of primary sulfonamides is 1. The van der Waals surface area contributed by atoms with Crippen molar-refractivity contribution in [3.05, 3.63) is 29.8 Å². The van der Waals surface area contributed by atoms with Gasteiger partial charge in [-0.2, -0.15) is 0 Å². The van der Waals surface area contributed by atoms with Crippen LogP contribution in [0.4, 0.5) is 0 Å². The molecule has 3 N–H and O–H groups in total. The van der Waals surface area contributed by atoms with Crippen molar-refractivity contribution in [2.24, 2.45) is 5.14 Å². The summed E-state index contributed by atoms with van der Waals surface area (Å²) in [6.45, 7) is 6.16. The fourth-order valence-electron chi connectivity index (χ4n) is 1.54. The lowest BCUT2D eigenvalue weighted by Crippen LogP contribution is -2.26. The first kappa shape index (κ1) is 13.2. The largest absolute Gasteiger partial charge is 0.308 e. The molecular formula is C11H18N2O2S. The number of hydrogen-bond donors (Lipinski definition) is 2. The molecule has 0 aliphatic carbocycles. The number of sulfonamides is 1. The molecule has 1 aromatic carbocycles. The Labute approximate surface area is 96.9 Å². The highest BCUT2D eigenvalue weighted by atomic mass is 32.2. The highest BCUT2D eigenvalue weighted by molar-refractivity contribution is 7.89. The van der Waals surface area contributed by atoms with Crippen LogP contribution in [0.15, 0.2) is 29.2 Å². The van der Waals surface area contributed by atoms with Gasteiger partial charge < -0.3 is 5.32 Å². The Hall–Kier alpha value is -0.910. The topological polar surface area (TPSA) is 72.2 Å². The zero-order chi connectivity index (χ0) is 12.3. The second kappa shape index (κ2) is 4.95. The number of nitrogens with one attached hydrogen (secondary N) is 1. The van der Waals surface area contributed by atoms with Crippen LogP contribution in [-0.2, 0) is 10.0 Å². The summed E-state index contributed by atoms with van der Waals surface area (Å²) in [6.07, 6.45) is 0. The second-order valence-corrected chi connectivity index (χ2v) is 5.72. The van der Waals surface area contributed by atoms with Crippen LogP contribution >= 0.6 is 0 Å². The normalized spacial score (nSPS) is 14.1. The summed E-state index contributed by atoms with van der Waals surface area (Å²) in [5.41, 5.74) is 1.04. The van der Waals surface area contributed by atoms with Gasteiger partial charge in [0.05, 0.1) is 4.90 Å². The van der Waals surface area contributed by atoms with Gasteiger partial charge in [0.2, 0.25) is 10.0 Å². The van der Waals surface area contributed by atoms with Crippen molar-refractivity contribution in [3.8, 4) is 0 Å². The van der Waals surface area contributed by atoms with Crippen LogP contribution in [0.1, 0.15) is 32.4 Å². The Morgan fingerprint density at radius 3 is 2.00 bits per heavy atom. The summed E-state index contributed by atoms with van der Waals surface area (Å²) in [4.78, 5) is 0.146. The number of rotatable bonds is 4. The van der Waals surface area contributed by atoms with Gasteiger partial charge in [0.15, 0.2) is 0 Å². The summed E-state index contributed by atoms with van der Waals surface area (Å²) in [6, 6.07) is 7.19. The van der Waals surface area contributed by atoms with E-state index in [0.29, 0.717) is 6.04 Å². The second-order valence-electron chi connectivity index (χ2n) is 4.16. The van der Waals surface area contributed by atoms with Gasteiger partial charge in [0.25, 0.3) is 0 Å². The molecule has 4 nitrogen and oxygen atoms in total. The van der Waals surface area contributed by atoms with Crippen molar-refractivity contribution < 1.29 is 8.42 Å². The first-order valence-corrected chi connectivity index (χ1v) is 6.74. The Morgan fingerprint density at radius 1 is 1.12 bits per heavy atom. The molecule has 0 aliphatic rings. The summed E-state index contributed by atoms with van der Waals surface area (Å²) >= 11 is 0. The SMILES string of the molecule is CC(C)NC(C)c1ccc(S(N)(=O)=O)cc1. The van der Waals surface area contributed by atoms with Crippen molar-refractivity contribution >= 4 is 10.0 Å². The Morgan fingerprint density at radius 2 is 1.62 bits per heavy atom. The first-order chi connectivity index (χ1) is 7.30. The zero-order valence-electron chi connectivity index (χ0n) is 9.77. The predicted octanol–water partition coefficient (Wildman–Crippen LogP) is 1.39. The van der Waals surface area contributed by atoms with E-state index in [1.165, 1.54) is 12.1 Å². The molecule has 0 fully saturated rings. The molecule has 0 spiro atoms. The number of hydrogen-bond acceptors (Lipinski definition) is 3. The van der Waals surface area contributed by atoms with Crippen molar-refractivity contribution in [1.29, 1.82) is 0 Å². The minimum atomic E-state index is -3.59. The molecule has 1 atom stereocenters. The molecule has 0 heterocycles. The molecule has 90 valence electrons. The van der Waals surface area contributed by atoms with Crippen molar-refractivity contribution in [2.45, 2.75) is 37.8 Å². The molecule has 0 radical (unpaired) electrons. The zero-order valence-corrected chi connectivity index (χ0v) is 10.6. The van der Waals surface area contributed by atoms with Gasteiger partial charge in [-0.3, -0.25) is 0 Å². The van der Waals surface area contributed by atoms with Gasteiger partial charge in [0, 0.05) is 12.1 Å². The minimum Gasteiger partial charge on any atom is -0.308 e. The van der Waals surface area contributed by atoms with E-state index in [4.69, 9.17) is 5.14 Å². The van der Waals surface area contributed by atoms with Crippen LogP contribution in [-0.4, -0.2) is 14.5 Å². The molecule has 0 saturated carbocycles. The lowest BCUT2D eigenvalue weighted by atomic mass is 10.1. The van der Waals surface area contributed by atoms with E-state index < -0.39 is 10.0 Å². The van der Waals surface area contributed by atoms with Gasteiger partial charge in [0.1, 0.15) is 0 Å². The Kier molecular flexibility index (Phi) is 4.07. The van der Waals surface area contributed by atoms with E-state index in [9.17, 15) is 8.42 Å². The molecule has 5 heteroatoms.